The highest BCUT2D eigenvalue weighted by Gasteiger charge is 2.21. The molecule has 0 unspecified atom stereocenters. The van der Waals surface area contributed by atoms with Gasteiger partial charge < -0.3 is 0 Å². The van der Waals surface area contributed by atoms with E-state index in [-0.39, 0.29) is 5.69 Å². The number of rotatable bonds is 2. The molecule has 0 fully saturated rings. The molecule has 0 saturated carbocycles. The van der Waals surface area contributed by atoms with E-state index in [2.05, 4.69) is 4.98 Å². The molecule has 19 heavy (non-hydrogen) atoms. The molecular formula is C14H10F3NO. The number of hydrogen-bond donors (Lipinski definition) is 0. The lowest BCUT2D eigenvalue weighted by Crippen LogP contribution is -2.10. The summed E-state index contributed by atoms with van der Waals surface area (Å²) in [7, 11) is 0. The summed E-state index contributed by atoms with van der Waals surface area (Å²) >= 11 is 0. The van der Waals surface area contributed by atoms with Crippen molar-refractivity contribution in [3.63, 3.8) is 0 Å². The van der Waals surface area contributed by atoms with E-state index in [4.69, 9.17) is 0 Å². The van der Waals surface area contributed by atoms with Gasteiger partial charge in [-0.2, -0.15) is 0 Å². The third kappa shape index (κ3) is 2.36. The van der Waals surface area contributed by atoms with E-state index in [1.165, 1.54) is 6.20 Å². The number of aryl methyl sites for hydroxylation is 2. The standard InChI is InChI=1S/C14H10F3NO/c1-7-5-8(2)13(18-6-7)14(19)9-3-4-10(15)12(17)11(9)16/h3-6H,1-2H3. The highest BCUT2D eigenvalue weighted by atomic mass is 19.2. The molecule has 0 saturated heterocycles. The third-order valence-electron chi connectivity index (χ3n) is 2.71. The van der Waals surface area contributed by atoms with Gasteiger partial charge in [-0.1, -0.05) is 6.07 Å². The van der Waals surface area contributed by atoms with Crippen molar-refractivity contribution in [2.45, 2.75) is 13.8 Å². The molecule has 98 valence electrons. The van der Waals surface area contributed by atoms with E-state index in [1.807, 2.05) is 0 Å². The zero-order chi connectivity index (χ0) is 14.2. The van der Waals surface area contributed by atoms with Crippen LogP contribution >= 0.6 is 0 Å². The molecule has 0 aliphatic carbocycles. The minimum atomic E-state index is -1.66. The second-order valence-corrected chi connectivity index (χ2v) is 4.23. The highest BCUT2D eigenvalue weighted by Crippen LogP contribution is 2.19. The summed E-state index contributed by atoms with van der Waals surface area (Å²) in [4.78, 5) is 16.0. The van der Waals surface area contributed by atoms with Crippen molar-refractivity contribution in [3.8, 4) is 0 Å². The minimum absolute atomic E-state index is 0.0236. The lowest BCUT2D eigenvalue weighted by molar-refractivity contribution is 0.102. The van der Waals surface area contributed by atoms with Gasteiger partial charge >= 0.3 is 0 Å². The molecule has 0 spiro atoms. The first kappa shape index (κ1) is 13.3. The topological polar surface area (TPSA) is 30.0 Å². The third-order valence-corrected chi connectivity index (χ3v) is 2.71. The first-order chi connectivity index (χ1) is 8.91. The minimum Gasteiger partial charge on any atom is -0.287 e. The van der Waals surface area contributed by atoms with Gasteiger partial charge in [0.05, 0.1) is 5.56 Å². The monoisotopic (exact) mass is 265 g/mol. The average molecular weight is 265 g/mol. The SMILES string of the molecule is Cc1cnc(C(=O)c2ccc(F)c(F)c2F)c(C)c1. The fraction of sp³-hybridized carbons (Fsp3) is 0.143. The van der Waals surface area contributed by atoms with Gasteiger partial charge in [0.15, 0.2) is 17.5 Å². The van der Waals surface area contributed by atoms with Crippen molar-refractivity contribution in [1.82, 2.24) is 4.98 Å². The Hall–Kier alpha value is -2.17. The van der Waals surface area contributed by atoms with Crippen LogP contribution < -0.4 is 0 Å². The summed E-state index contributed by atoms with van der Waals surface area (Å²) in [5, 5.41) is 0. The van der Waals surface area contributed by atoms with E-state index in [0.29, 0.717) is 5.56 Å². The zero-order valence-electron chi connectivity index (χ0n) is 10.3. The molecule has 0 bridgehead atoms. The van der Waals surface area contributed by atoms with E-state index >= 15 is 0 Å². The largest absolute Gasteiger partial charge is 0.287 e. The lowest BCUT2D eigenvalue weighted by atomic mass is 10.0. The van der Waals surface area contributed by atoms with Crippen molar-refractivity contribution in [2.75, 3.05) is 0 Å². The fourth-order valence-electron chi connectivity index (χ4n) is 1.78. The maximum absolute atomic E-state index is 13.5. The number of aromatic nitrogens is 1. The van der Waals surface area contributed by atoms with Crippen molar-refractivity contribution < 1.29 is 18.0 Å². The van der Waals surface area contributed by atoms with Crippen LogP contribution in [0.4, 0.5) is 13.2 Å². The quantitative estimate of drug-likeness (QED) is 0.615. The van der Waals surface area contributed by atoms with Crippen molar-refractivity contribution >= 4 is 5.78 Å². The van der Waals surface area contributed by atoms with Crippen molar-refractivity contribution in [1.29, 1.82) is 0 Å². The second kappa shape index (κ2) is 4.84. The Morgan fingerprint density at radius 3 is 2.42 bits per heavy atom. The summed E-state index contributed by atoms with van der Waals surface area (Å²) in [6, 6.07) is 3.34. The van der Waals surface area contributed by atoms with E-state index in [9.17, 15) is 18.0 Å². The number of hydrogen-bond acceptors (Lipinski definition) is 2. The predicted molar refractivity (Wildman–Crippen MR) is 63.5 cm³/mol. The van der Waals surface area contributed by atoms with Gasteiger partial charge in [-0.25, -0.2) is 13.2 Å². The molecule has 0 N–H and O–H groups in total. The molecule has 0 radical (unpaired) electrons. The molecule has 1 heterocycles. The maximum atomic E-state index is 13.5. The Bertz CT molecular complexity index is 668. The Kier molecular flexibility index (Phi) is 3.38. The lowest BCUT2D eigenvalue weighted by Gasteiger charge is -2.06. The van der Waals surface area contributed by atoms with E-state index in [1.54, 1.807) is 19.9 Å². The average Bonchev–Trinajstić information content (AvgIpc) is 2.35. The van der Waals surface area contributed by atoms with Crippen LogP contribution in [0, 0.1) is 31.3 Å². The fourth-order valence-corrected chi connectivity index (χ4v) is 1.78. The van der Waals surface area contributed by atoms with Crippen LogP contribution in [0.5, 0.6) is 0 Å². The van der Waals surface area contributed by atoms with Crippen LogP contribution in [-0.2, 0) is 0 Å². The van der Waals surface area contributed by atoms with Crippen LogP contribution in [0.1, 0.15) is 27.2 Å². The Balaban J connectivity index is 2.53. The van der Waals surface area contributed by atoms with Gasteiger partial charge in [0.2, 0.25) is 5.78 Å². The van der Waals surface area contributed by atoms with Crippen LogP contribution in [0.2, 0.25) is 0 Å². The van der Waals surface area contributed by atoms with Crippen LogP contribution in [-0.4, -0.2) is 10.8 Å². The Morgan fingerprint density at radius 1 is 1.11 bits per heavy atom. The Labute approximate surface area is 107 Å². The maximum Gasteiger partial charge on any atom is 0.214 e. The van der Waals surface area contributed by atoms with Crippen LogP contribution in [0.3, 0.4) is 0 Å². The zero-order valence-corrected chi connectivity index (χ0v) is 10.3. The highest BCUT2D eigenvalue weighted by molar-refractivity contribution is 6.08. The van der Waals surface area contributed by atoms with Gasteiger partial charge in [0.1, 0.15) is 5.69 Å². The number of ketones is 1. The van der Waals surface area contributed by atoms with Gasteiger partial charge in [-0.05, 0) is 37.1 Å². The number of carbonyl (C=O) groups excluding carboxylic acids is 1. The molecule has 0 atom stereocenters. The summed E-state index contributed by atoms with van der Waals surface area (Å²) in [5.74, 6) is -5.25. The van der Waals surface area contributed by atoms with E-state index < -0.39 is 28.8 Å². The summed E-state index contributed by atoms with van der Waals surface area (Å²) < 4.78 is 39.5. The number of pyridine rings is 1. The van der Waals surface area contributed by atoms with Gasteiger partial charge in [-0.3, -0.25) is 9.78 Å². The summed E-state index contributed by atoms with van der Waals surface area (Å²) in [5.41, 5.74) is 0.891. The number of benzene rings is 1. The second-order valence-electron chi connectivity index (χ2n) is 4.23. The van der Waals surface area contributed by atoms with Gasteiger partial charge in [0, 0.05) is 6.20 Å². The number of carbonyl (C=O) groups is 1. The molecule has 1 aromatic carbocycles. The smallest absolute Gasteiger partial charge is 0.214 e. The van der Waals surface area contributed by atoms with E-state index in [0.717, 1.165) is 17.7 Å². The van der Waals surface area contributed by atoms with Crippen molar-refractivity contribution in [3.05, 3.63) is 64.2 Å². The number of halogens is 3. The van der Waals surface area contributed by atoms with Crippen LogP contribution in [0.15, 0.2) is 24.4 Å². The molecule has 0 aliphatic rings. The molecule has 5 heteroatoms. The summed E-state index contributed by atoms with van der Waals surface area (Å²) in [6.45, 7) is 3.44. The predicted octanol–water partition coefficient (Wildman–Crippen LogP) is 3.35. The first-order valence-corrected chi connectivity index (χ1v) is 5.53. The number of nitrogens with zero attached hydrogens (tertiary/aromatic N) is 1. The van der Waals surface area contributed by atoms with Gasteiger partial charge in [0.25, 0.3) is 0 Å². The molecule has 1 aromatic heterocycles. The molecule has 2 nitrogen and oxygen atoms in total. The van der Waals surface area contributed by atoms with Crippen LogP contribution in [0.25, 0.3) is 0 Å². The molecule has 2 aromatic rings. The van der Waals surface area contributed by atoms with Crippen molar-refractivity contribution in [2.24, 2.45) is 0 Å². The Morgan fingerprint density at radius 2 is 1.79 bits per heavy atom. The normalized spacial score (nSPS) is 10.6. The molecule has 0 amide bonds. The molecule has 2 rings (SSSR count). The summed E-state index contributed by atoms with van der Waals surface area (Å²) in [6.07, 6.45) is 1.46. The van der Waals surface area contributed by atoms with Gasteiger partial charge in [-0.15, -0.1) is 0 Å². The molecule has 0 aliphatic heterocycles. The molecular weight excluding hydrogens is 255 g/mol. The first-order valence-electron chi connectivity index (χ1n) is 5.53.